The Morgan fingerprint density at radius 3 is 2.78 bits per heavy atom. The number of benzene rings is 1. The van der Waals surface area contributed by atoms with E-state index in [2.05, 4.69) is 53.6 Å². The van der Waals surface area contributed by atoms with Crippen LogP contribution in [0.4, 0.5) is 5.69 Å². The van der Waals surface area contributed by atoms with Gasteiger partial charge in [-0.05, 0) is 74.3 Å². The number of fused-ring (bicyclic) bond motifs is 1. The quantitative estimate of drug-likeness (QED) is 0.396. The van der Waals surface area contributed by atoms with Gasteiger partial charge in [0.2, 0.25) is 0 Å². The smallest absolute Gasteiger partial charge is 0.140 e. The SMILES string of the molecule is CCN(C)[C@H]1CC[C@H](c2c[nH]c3cc(NC(=N)c4cccs4)ccc32)CC1. The molecule has 0 saturated heterocycles. The van der Waals surface area contributed by atoms with E-state index in [1.807, 2.05) is 17.5 Å². The molecular weight excluding hydrogens is 352 g/mol. The summed E-state index contributed by atoms with van der Waals surface area (Å²) in [6.45, 7) is 3.38. The molecule has 27 heavy (non-hydrogen) atoms. The molecule has 2 heterocycles. The van der Waals surface area contributed by atoms with E-state index in [-0.39, 0.29) is 0 Å². The van der Waals surface area contributed by atoms with Gasteiger partial charge in [-0.1, -0.05) is 19.1 Å². The molecule has 0 aliphatic heterocycles. The maximum absolute atomic E-state index is 8.21. The van der Waals surface area contributed by atoms with Gasteiger partial charge in [0.25, 0.3) is 0 Å². The Kier molecular flexibility index (Phi) is 5.32. The van der Waals surface area contributed by atoms with E-state index in [1.54, 1.807) is 11.3 Å². The molecule has 0 unspecified atom stereocenters. The van der Waals surface area contributed by atoms with Crippen LogP contribution >= 0.6 is 11.3 Å². The summed E-state index contributed by atoms with van der Waals surface area (Å²) in [7, 11) is 2.25. The fraction of sp³-hybridized carbons (Fsp3) is 0.409. The summed E-state index contributed by atoms with van der Waals surface area (Å²) in [6.07, 6.45) is 7.32. The summed E-state index contributed by atoms with van der Waals surface area (Å²) in [6, 6.07) is 11.1. The summed E-state index contributed by atoms with van der Waals surface area (Å²) in [4.78, 5) is 6.91. The van der Waals surface area contributed by atoms with Gasteiger partial charge in [0.05, 0.1) is 4.88 Å². The van der Waals surface area contributed by atoms with Crippen molar-refractivity contribution in [2.45, 2.75) is 44.6 Å². The van der Waals surface area contributed by atoms with Crippen molar-refractivity contribution in [3.8, 4) is 0 Å². The third-order valence-corrected chi connectivity index (χ3v) is 6.90. The highest BCUT2D eigenvalue weighted by Gasteiger charge is 2.25. The molecule has 142 valence electrons. The minimum Gasteiger partial charge on any atom is -0.361 e. The lowest BCUT2D eigenvalue weighted by Gasteiger charge is -2.34. The zero-order valence-corrected chi connectivity index (χ0v) is 16.9. The number of aromatic nitrogens is 1. The highest BCUT2D eigenvalue weighted by atomic mass is 32.1. The number of hydrogen-bond donors (Lipinski definition) is 3. The molecule has 4 nitrogen and oxygen atoms in total. The Morgan fingerprint density at radius 2 is 2.07 bits per heavy atom. The lowest BCUT2D eigenvalue weighted by Crippen LogP contribution is -2.34. The summed E-state index contributed by atoms with van der Waals surface area (Å²) in [5.74, 6) is 1.11. The van der Waals surface area contributed by atoms with Crippen LogP contribution in [0.15, 0.2) is 41.9 Å². The largest absolute Gasteiger partial charge is 0.361 e. The Morgan fingerprint density at radius 1 is 1.26 bits per heavy atom. The predicted octanol–water partition coefficient (Wildman–Crippen LogP) is 5.64. The Bertz CT molecular complexity index is 904. The van der Waals surface area contributed by atoms with Crippen LogP contribution in [0.2, 0.25) is 0 Å². The van der Waals surface area contributed by atoms with E-state index in [0.29, 0.717) is 11.8 Å². The van der Waals surface area contributed by atoms with Crippen molar-refractivity contribution >= 4 is 33.8 Å². The lowest BCUT2D eigenvalue weighted by atomic mass is 9.81. The van der Waals surface area contributed by atoms with E-state index in [4.69, 9.17) is 5.41 Å². The maximum atomic E-state index is 8.21. The molecule has 0 bridgehead atoms. The second kappa shape index (κ2) is 7.87. The average Bonchev–Trinajstić information content (AvgIpc) is 3.37. The van der Waals surface area contributed by atoms with E-state index in [0.717, 1.165) is 28.7 Å². The number of thiophene rings is 1. The van der Waals surface area contributed by atoms with Crippen LogP contribution in [0.1, 0.15) is 49.0 Å². The summed E-state index contributed by atoms with van der Waals surface area (Å²) >= 11 is 1.58. The van der Waals surface area contributed by atoms with Crippen LogP contribution < -0.4 is 5.32 Å². The third-order valence-electron chi connectivity index (χ3n) is 6.01. The van der Waals surface area contributed by atoms with Crippen molar-refractivity contribution in [3.63, 3.8) is 0 Å². The molecule has 0 radical (unpaired) electrons. The number of anilines is 1. The number of aromatic amines is 1. The second-order valence-corrected chi connectivity index (χ2v) is 8.51. The predicted molar refractivity (Wildman–Crippen MR) is 116 cm³/mol. The molecule has 3 N–H and O–H groups in total. The zero-order valence-electron chi connectivity index (χ0n) is 16.1. The summed E-state index contributed by atoms with van der Waals surface area (Å²) < 4.78 is 0. The summed E-state index contributed by atoms with van der Waals surface area (Å²) in [5.41, 5.74) is 3.58. The van der Waals surface area contributed by atoms with Gasteiger partial charge in [0.15, 0.2) is 0 Å². The Hall–Kier alpha value is -2.11. The lowest BCUT2D eigenvalue weighted by molar-refractivity contribution is 0.190. The number of nitrogens with one attached hydrogen (secondary N) is 3. The standard InChI is InChI=1S/C22H28N4S/c1-3-26(2)17-9-6-15(7-10-17)19-14-24-20-13-16(8-11-18(19)20)25-22(23)21-5-4-12-27-21/h4-5,8,11-15,17,24H,3,6-7,9-10H2,1-2H3,(H2,23,25)/t15-,17-. The van der Waals surface area contributed by atoms with Crippen LogP contribution in [0.3, 0.4) is 0 Å². The fourth-order valence-electron chi connectivity index (χ4n) is 4.28. The molecular formula is C22H28N4S. The van der Waals surface area contributed by atoms with Gasteiger partial charge in [-0.25, -0.2) is 0 Å². The van der Waals surface area contributed by atoms with Crippen molar-refractivity contribution in [1.82, 2.24) is 9.88 Å². The fourth-order valence-corrected chi connectivity index (χ4v) is 4.91. The van der Waals surface area contributed by atoms with Gasteiger partial charge in [0.1, 0.15) is 5.84 Å². The zero-order chi connectivity index (χ0) is 18.8. The molecule has 0 spiro atoms. The van der Waals surface area contributed by atoms with E-state index in [1.165, 1.54) is 36.6 Å². The third kappa shape index (κ3) is 3.80. The molecule has 1 aliphatic carbocycles. The molecule has 1 saturated carbocycles. The molecule has 3 aromatic rings. The molecule has 2 aromatic heterocycles. The van der Waals surface area contributed by atoms with Gasteiger partial charge in [-0.15, -0.1) is 11.3 Å². The van der Waals surface area contributed by atoms with Crippen molar-refractivity contribution in [1.29, 1.82) is 5.41 Å². The Balaban J connectivity index is 1.47. The minimum absolute atomic E-state index is 0.453. The molecule has 1 aliphatic rings. The topological polar surface area (TPSA) is 54.9 Å². The molecule has 5 heteroatoms. The molecule has 1 aromatic carbocycles. The maximum Gasteiger partial charge on any atom is 0.140 e. The molecule has 0 atom stereocenters. The van der Waals surface area contributed by atoms with Crippen molar-refractivity contribution in [2.75, 3.05) is 18.9 Å². The van der Waals surface area contributed by atoms with E-state index in [9.17, 15) is 0 Å². The van der Waals surface area contributed by atoms with Crippen LogP contribution in [-0.2, 0) is 0 Å². The van der Waals surface area contributed by atoms with Gasteiger partial charge >= 0.3 is 0 Å². The van der Waals surface area contributed by atoms with Gasteiger partial charge in [-0.3, -0.25) is 5.41 Å². The first-order valence-electron chi connectivity index (χ1n) is 9.86. The van der Waals surface area contributed by atoms with Crippen LogP contribution in [0, 0.1) is 5.41 Å². The van der Waals surface area contributed by atoms with Crippen LogP contribution in [-0.4, -0.2) is 35.4 Å². The minimum atomic E-state index is 0.453. The first-order valence-corrected chi connectivity index (χ1v) is 10.7. The van der Waals surface area contributed by atoms with Gasteiger partial charge in [0, 0.05) is 28.8 Å². The number of nitrogens with zero attached hydrogens (tertiary/aromatic N) is 1. The molecule has 1 fully saturated rings. The van der Waals surface area contributed by atoms with E-state index < -0.39 is 0 Å². The average molecular weight is 381 g/mol. The Labute approximate surface area is 165 Å². The number of hydrogen-bond acceptors (Lipinski definition) is 3. The van der Waals surface area contributed by atoms with Gasteiger partial charge in [-0.2, -0.15) is 0 Å². The molecule has 0 amide bonds. The summed E-state index contributed by atoms with van der Waals surface area (Å²) in [5, 5.41) is 14.8. The van der Waals surface area contributed by atoms with Crippen molar-refractivity contribution in [3.05, 3.63) is 52.3 Å². The van der Waals surface area contributed by atoms with Gasteiger partial charge < -0.3 is 15.2 Å². The number of H-pyrrole nitrogens is 1. The first-order chi connectivity index (χ1) is 13.2. The highest BCUT2D eigenvalue weighted by molar-refractivity contribution is 7.12. The van der Waals surface area contributed by atoms with E-state index >= 15 is 0 Å². The number of amidine groups is 1. The number of rotatable bonds is 5. The van der Waals surface area contributed by atoms with Crippen LogP contribution in [0.5, 0.6) is 0 Å². The highest BCUT2D eigenvalue weighted by Crippen LogP contribution is 2.38. The normalized spacial score (nSPS) is 20.3. The van der Waals surface area contributed by atoms with Crippen LogP contribution in [0.25, 0.3) is 10.9 Å². The van der Waals surface area contributed by atoms with Crippen molar-refractivity contribution < 1.29 is 0 Å². The second-order valence-electron chi connectivity index (χ2n) is 7.56. The molecule has 4 rings (SSSR count). The van der Waals surface area contributed by atoms with Crippen molar-refractivity contribution in [2.24, 2.45) is 0 Å². The monoisotopic (exact) mass is 380 g/mol. The first kappa shape index (κ1) is 18.3.